The van der Waals surface area contributed by atoms with Crippen LogP contribution >= 0.6 is 38.5 Å². The third-order valence-electron chi connectivity index (χ3n) is 5.69. The van der Waals surface area contributed by atoms with E-state index in [4.69, 9.17) is 4.74 Å². The Balaban J connectivity index is 1.90. The molecule has 0 spiro atoms. The summed E-state index contributed by atoms with van der Waals surface area (Å²) >= 11 is 5.73. The third kappa shape index (κ3) is 8.65. The lowest BCUT2D eigenvalue weighted by Crippen LogP contribution is -2.53. The molecule has 35 heavy (non-hydrogen) atoms. The average Bonchev–Trinajstić information content (AvgIpc) is 2.86. The molecule has 7 heteroatoms. The predicted octanol–water partition coefficient (Wildman–Crippen LogP) is 5.99. The van der Waals surface area contributed by atoms with Gasteiger partial charge in [-0.25, -0.2) is 0 Å². The Morgan fingerprint density at radius 3 is 2.34 bits per heavy atom. The average molecular weight is 649 g/mol. The van der Waals surface area contributed by atoms with Gasteiger partial charge in [-0.3, -0.25) is 9.59 Å². The highest BCUT2D eigenvalue weighted by Crippen LogP contribution is 2.19. The number of ether oxygens (including phenoxy) is 1. The molecule has 2 amide bonds. The van der Waals surface area contributed by atoms with Gasteiger partial charge < -0.3 is 15.0 Å². The normalized spacial score (nSPS) is 12.5. The molecule has 0 aliphatic rings. The van der Waals surface area contributed by atoms with Gasteiger partial charge in [0.05, 0.1) is 0 Å². The summed E-state index contributed by atoms with van der Waals surface area (Å²) in [5.74, 6) is 0.203. The van der Waals surface area contributed by atoms with Crippen LogP contribution in [-0.4, -0.2) is 35.4 Å². The maximum atomic E-state index is 13.6. The zero-order valence-corrected chi connectivity index (χ0v) is 23.7. The summed E-state index contributed by atoms with van der Waals surface area (Å²) < 4.78 is 7.82. The highest BCUT2D eigenvalue weighted by molar-refractivity contribution is 14.1. The summed E-state index contributed by atoms with van der Waals surface area (Å²) in [6.07, 6.45) is 1.21. The van der Waals surface area contributed by atoms with E-state index in [1.54, 1.807) is 4.90 Å². The molecule has 0 aliphatic carbocycles. The number of hydrogen-bond donors (Lipinski definition) is 1. The quantitative estimate of drug-likeness (QED) is 0.260. The summed E-state index contributed by atoms with van der Waals surface area (Å²) in [6.45, 7) is 4.13. The maximum absolute atomic E-state index is 13.6. The smallest absolute Gasteiger partial charge is 0.261 e. The lowest BCUT2D eigenvalue weighted by Gasteiger charge is -2.32. The fourth-order valence-electron chi connectivity index (χ4n) is 3.59. The van der Waals surface area contributed by atoms with Gasteiger partial charge in [-0.2, -0.15) is 0 Å². The number of carbonyl (C=O) groups is 2. The molecular formula is C28H30BrIN2O3. The zero-order valence-electron chi connectivity index (χ0n) is 19.9. The summed E-state index contributed by atoms with van der Waals surface area (Å²) in [6, 6.07) is 24.4. The van der Waals surface area contributed by atoms with Gasteiger partial charge in [-0.05, 0) is 83.5 Å². The van der Waals surface area contributed by atoms with Crippen LogP contribution in [0.25, 0.3) is 0 Å². The van der Waals surface area contributed by atoms with Gasteiger partial charge in [0.2, 0.25) is 5.91 Å². The van der Waals surface area contributed by atoms with E-state index in [0.717, 1.165) is 25.6 Å². The highest BCUT2D eigenvalue weighted by atomic mass is 127. The number of halogens is 2. The Labute approximate surface area is 229 Å². The van der Waals surface area contributed by atoms with Gasteiger partial charge in [-0.1, -0.05) is 65.3 Å². The summed E-state index contributed by atoms with van der Waals surface area (Å²) in [7, 11) is 0. The molecule has 184 valence electrons. The maximum Gasteiger partial charge on any atom is 0.261 e. The molecule has 0 saturated heterocycles. The third-order valence-corrected chi connectivity index (χ3v) is 6.90. The zero-order chi connectivity index (χ0) is 25.2. The highest BCUT2D eigenvalue weighted by Gasteiger charge is 2.31. The lowest BCUT2D eigenvalue weighted by molar-refractivity contribution is -0.143. The van der Waals surface area contributed by atoms with Crippen LogP contribution in [0.1, 0.15) is 31.4 Å². The molecule has 0 aromatic heterocycles. The van der Waals surface area contributed by atoms with Gasteiger partial charge in [-0.15, -0.1) is 0 Å². The number of benzene rings is 3. The van der Waals surface area contributed by atoms with E-state index in [2.05, 4.69) is 43.8 Å². The van der Waals surface area contributed by atoms with Gasteiger partial charge in [0.1, 0.15) is 11.8 Å². The number of carbonyl (C=O) groups excluding carboxylic acids is 2. The second-order valence-corrected chi connectivity index (χ2v) is 10.6. The van der Waals surface area contributed by atoms with E-state index in [9.17, 15) is 9.59 Å². The number of nitrogens with zero attached hydrogens (tertiary/aromatic N) is 1. The van der Waals surface area contributed by atoms with Crippen molar-refractivity contribution in [3.05, 3.63) is 98.0 Å². The van der Waals surface area contributed by atoms with Crippen molar-refractivity contribution in [3.8, 4) is 5.75 Å². The van der Waals surface area contributed by atoms with E-state index in [-0.39, 0.29) is 24.5 Å². The molecule has 3 aromatic rings. The van der Waals surface area contributed by atoms with Crippen LogP contribution < -0.4 is 10.1 Å². The Morgan fingerprint density at radius 1 is 1.00 bits per heavy atom. The first-order chi connectivity index (χ1) is 16.9. The SMILES string of the molecule is CC[C@@H](C)NC(=O)[C@H](Cc1ccccc1)N(Cc1cccc(Br)c1)C(=O)COc1ccc(I)cc1. The topological polar surface area (TPSA) is 58.6 Å². The van der Waals surface area contributed by atoms with Crippen molar-refractivity contribution in [1.82, 2.24) is 10.2 Å². The number of amides is 2. The first-order valence-corrected chi connectivity index (χ1v) is 13.5. The van der Waals surface area contributed by atoms with Crippen LogP contribution in [0.4, 0.5) is 0 Å². The number of rotatable bonds is 11. The van der Waals surface area contributed by atoms with E-state index >= 15 is 0 Å². The van der Waals surface area contributed by atoms with Crippen molar-refractivity contribution in [3.63, 3.8) is 0 Å². The van der Waals surface area contributed by atoms with E-state index in [1.807, 2.05) is 92.7 Å². The monoisotopic (exact) mass is 648 g/mol. The van der Waals surface area contributed by atoms with Crippen molar-refractivity contribution in [2.75, 3.05) is 6.61 Å². The van der Waals surface area contributed by atoms with Crippen LogP contribution in [0, 0.1) is 3.57 Å². The van der Waals surface area contributed by atoms with Crippen molar-refractivity contribution in [2.45, 2.75) is 45.3 Å². The molecule has 5 nitrogen and oxygen atoms in total. The Bertz CT molecular complexity index is 1110. The molecule has 3 aromatic carbocycles. The van der Waals surface area contributed by atoms with E-state index in [1.165, 1.54) is 0 Å². The molecule has 0 fully saturated rings. The Morgan fingerprint density at radius 2 is 1.69 bits per heavy atom. The summed E-state index contributed by atoms with van der Waals surface area (Å²) in [4.78, 5) is 28.7. The minimum atomic E-state index is -0.682. The largest absolute Gasteiger partial charge is 0.484 e. The van der Waals surface area contributed by atoms with Crippen molar-refractivity contribution in [2.24, 2.45) is 0 Å². The predicted molar refractivity (Wildman–Crippen MR) is 151 cm³/mol. The second-order valence-electron chi connectivity index (χ2n) is 8.42. The van der Waals surface area contributed by atoms with Crippen LogP contribution in [0.3, 0.4) is 0 Å². The van der Waals surface area contributed by atoms with Gasteiger partial charge >= 0.3 is 0 Å². The van der Waals surface area contributed by atoms with Gasteiger partial charge in [0.15, 0.2) is 6.61 Å². The minimum absolute atomic E-state index is 0.00615. The van der Waals surface area contributed by atoms with Crippen LogP contribution in [0.2, 0.25) is 0 Å². The molecular weight excluding hydrogens is 619 g/mol. The van der Waals surface area contributed by atoms with Gasteiger partial charge in [0.25, 0.3) is 5.91 Å². The Hall–Kier alpha value is -2.39. The Kier molecular flexibility index (Phi) is 10.6. The van der Waals surface area contributed by atoms with Gasteiger partial charge in [0, 0.05) is 27.1 Å². The van der Waals surface area contributed by atoms with Crippen LogP contribution in [0.5, 0.6) is 5.75 Å². The first kappa shape index (κ1) is 27.2. The van der Waals surface area contributed by atoms with E-state index in [0.29, 0.717) is 18.7 Å². The van der Waals surface area contributed by atoms with Crippen LogP contribution in [0.15, 0.2) is 83.3 Å². The first-order valence-electron chi connectivity index (χ1n) is 11.6. The standard InChI is InChI=1S/C28H30BrIN2O3/c1-3-20(2)31-28(34)26(17-21-8-5-4-6-9-21)32(18-22-10-7-11-23(29)16-22)27(33)19-35-25-14-12-24(30)13-15-25/h4-16,20,26H,3,17-19H2,1-2H3,(H,31,34)/t20-,26+/m1/s1. The van der Waals surface area contributed by atoms with Crippen molar-refractivity contribution < 1.29 is 14.3 Å². The molecule has 0 aliphatic heterocycles. The summed E-state index contributed by atoms with van der Waals surface area (Å²) in [5.41, 5.74) is 1.92. The fourth-order valence-corrected chi connectivity index (χ4v) is 4.39. The fraction of sp³-hybridized carbons (Fsp3) is 0.286. The molecule has 0 bridgehead atoms. The molecule has 2 atom stereocenters. The second kappa shape index (κ2) is 13.6. The molecule has 0 radical (unpaired) electrons. The van der Waals surface area contributed by atoms with E-state index < -0.39 is 6.04 Å². The van der Waals surface area contributed by atoms with Crippen molar-refractivity contribution >= 4 is 50.3 Å². The number of nitrogens with one attached hydrogen (secondary N) is 1. The summed E-state index contributed by atoms with van der Waals surface area (Å²) in [5, 5.41) is 3.08. The lowest BCUT2D eigenvalue weighted by atomic mass is 10.0. The minimum Gasteiger partial charge on any atom is -0.484 e. The molecule has 0 unspecified atom stereocenters. The molecule has 1 N–H and O–H groups in total. The van der Waals surface area contributed by atoms with Crippen molar-refractivity contribution in [1.29, 1.82) is 0 Å². The number of hydrogen-bond acceptors (Lipinski definition) is 3. The molecule has 3 rings (SSSR count). The van der Waals surface area contributed by atoms with Crippen LogP contribution in [-0.2, 0) is 22.6 Å². The molecule has 0 saturated carbocycles. The molecule has 0 heterocycles.